The van der Waals surface area contributed by atoms with Gasteiger partial charge in [-0.25, -0.2) is 4.39 Å². The van der Waals surface area contributed by atoms with Gasteiger partial charge in [-0.1, -0.05) is 23.7 Å². The van der Waals surface area contributed by atoms with E-state index in [1.807, 2.05) is 11.4 Å². The van der Waals surface area contributed by atoms with Gasteiger partial charge in [0.05, 0.1) is 11.1 Å². The van der Waals surface area contributed by atoms with Crippen molar-refractivity contribution in [3.05, 3.63) is 55.4 Å². The van der Waals surface area contributed by atoms with Gasteiger partial charge in [0.25, 0.3) is 0 Å². The first-order chi connectivity index (χ1) is 8.58. The van der Waals surface area contributed by atoms with E-state index < -0.39 is 11.9 Å². The summed E-state index contributed by atoms with van der Waals surface area (Å²) in [5.41, 5.74) is 0.447. The van der Waals surface area contributed by atoms with Crippen molar-refractivity contribution in [3.8, 4) is 0 Å². The Hall–Kier alpha value is -0.420. The van der Waals surface area contributed by atoms with Gasteiger partial charge in [0.15, 0.2) is 0 Å². The standard InChI is InChI=1S/C13H11BrClFOS/c14-10-4-5-18-12(10)7-9(17)6-8-2-1-3-11(15)13(8)16/h1-5,9,17H,6-7H2. The molecule has 0 amide bonds. The fourth-order valence-corrected chi connectivity index (χ4v) is 3.50. The monoisotopic (exact) mass is 348 g/mol. The topological polar surface area (TPSA) is 20.2 Å². The van der Waals surface area contributed by atoms with Gasteiger partial charge in [-0.3, -0.25) is 0 Å². The third-order valence-electron chi connectivity index (χ3n) is 2.60. The predicted octanol–water partition coefficient (Wildman–Crippen LogP) is 4.45. The number of aliphatic hydroxyl groups excluding tert-OH is 1. The Kier molecular flexibility index (Phi) is 4.78. The van der Waals surface area contributed by atoms with Crippen LogP contribution in [0, 0.1) is 5.82 Å². The lowest BCUT2D eigenvalue weighted by molar-refractivity contribution is 0.175. The summed E-state index contributed by atoms with van der Waals surface area (Å²) in [6.07, 6.45) is 0.147. The Morgan fingerprint density at radius 3 is 2.78 bits per heavy atom. The van der Waals surface area contributed by atoms with Gasteiger partial charge in [-0.15, -0.1) is 11.3 Å². The van der Waals surface area contributed by atoms with Gasteiger partial charge in [0.2, 0.25) is 0 Å². The number of thiophene rings is 1. The highest BCUT2D eigenvalue weighted by atomic mass is 79.9. The first kappa shape index (κ1) is 14.0. The molecule has 5 heteroatoms. The van der Waals surface area contributed by atoms with Crippen LogP contribution in [0.3, 0.4) is 0 Å². The molecule has 0 fully saturated rings. The van der Waals surface area contributed by atoms with Crippen molar-refractivity contribution in [2.45, 2.75) is 18.9 Å². The zero-order valence-corrected chi connectivity index (χ0v) is 12.5. The molecule has 1 N–H and O–H groups in total. The van der Waals surface area contributed by atoms with Crippen molar-refractivity contribution in [3.63, 3.8) is 0 Å². The Morgan fingerprint density at radius 1 is 1.33 bits per heavy atom. The van der Waals surface area contributed by atoms with Crippen LogP contribution in [-0.2, 0) is 12.8 Å². The van der Waals surface area contributed by atoms with E-state index >= 15 is 0 Å². The summed E-state index contributed by atoms with van der Waals surface area (Å²) in [4.78, 5) is 1.06. The van der Waals surface area contributed by atoms with Crippen LogP contribution >= 0.6 is 38.9 Å². The number of hydrogen-bond donors (Lipinski definition) is 1. The number of aliphatic hydroxyl groups is 1. The molecule has 0 aliphatic carbocycles. The predicted molar refractivity (Wildman–Crippen MR) is 76.8 cm³/mol. The van der Waals surface area contributed by atoms with E-state index in [1.54, 1.807) is 23.5 Å². The molecule has 0 saturated heterocycles. The van der Waals surface area contributed by atoms with Gasteiger partial charge >= 0.3 is 0 Å². The van der Waals surface area contributed by atoms with Crippen molar-refractivity contribution in [1.29, 1.82) is 0 Å². The molecular weight excluding hydrogens is 339 g/mol. The van der Waals surface area contributed by atoms with Crippen LogP contribution in [-0.4, -0.2) is 11.2 Å². The minimum atomic E-state index is -0.618. The molecule has 0 saturated carbocycles. The third kappa shape index (κ3) is 3.32. The summed E-state index contributed by atoms with van der Waals surface area (Å²) in [6, 6.07) is 6.78. The van der Waals surface area contributed by atoms with E-state index in [-0.39, 0.29) is 11.4 Å². The lowest BCUT2D eigenvalue weighted by Crippen LogP contribution is -2.14. The molecule has 0 radical (unpaired) electrons. The number of rotatable bonds is 4. The maximum Gasteiger partial charge on any atom is 0.145 e. The van der Waals surface area contributed by atoms with Gasteiger partial charge in [0, 0.05) is 22.2 Å². The Balaban J connectivity index is 2.05. The zero-order chi connectivity index (χ0) is 13.1. The van der Waals surface area contributed by atoms with Crippen LogP contribution in [0.5, 0.6) is 0 Å². The number of halogens is 3. The molecule has 18 heavy (non-hydrogen) atoms. The normalized spacial score (nSPS) is 12.7. The van der Waals surface area contributed by atoms with E-state index in [2.05, 4.69) is 15.9 Å². The second-order valence-electron chi connectivity index (χ2n) is 3.97. The summed E-state index contributed by atoms with van der Waals surface area (Å²) in [5, 5.41) is 12.0. The van der Waals surface area contributed by atoms with E-state index in [1.165, 1.54) is 6.07 Å². The van der Waals surface area contributed by atoms with E-state index in [4.69, 9.17) is 11.6 Å². The van der Waals surface area contributed by atoms with Gasteiger partial charge in [-0.05, 0) is 39.0 Å². The fraction of sp³-hybridized carbons (Fsp3) is 0.231. The molecular formula is C13H11BrClFOS. The van der Waals surface area contributed by atoms with Crippen molar-refractivity contribution in [1.82, 2.24) is 0 Å². The molecule has 0 aliphatic rings. The Bertz CT molecular complexity index is 544. The Morgan fingerprint density at radius 2 is 2.11 bits per heavy atom. The largest absolute Gasteiger partial charge is 0.392 e. The van der Waals surface area contributed by atoms with Crippen LogP contribution in [0.2, 0.25) is 5.02 Å². The molecule has 2 rings (SSSR count). The molecule has 96 valence electrons. The van der Waals surface area contributed by atoms with Crippen LogP contribution < -0.4 is 0 Å². The molecule has 1 aromatic heterocycles. The third-order valence-corrected chi connectivity index (χ3v) is 4.84. The maximum atomic E-state index is 13.7. The molecule has 1 unspecified atom stereocenters. The quantitative estimate of drug-likeness (QED) is 0.864. The summed E-state index contributed by atoms with van der Waals surface area (Å²) in [6.45, 7) is 0. The lowest BCUT2D eigenvalue weighted by atomic mass is 10.0. The van der Waals surface area contributed by atoms with Gasteiger partial charge in [-0.2, -0.15) is 0 Å². The fourth-order valence-electron chi connectivity index (χ4n) is 1.72. The van der Waals surface area contributed by atoms with Crippen LogP contribution in [0.1, 0.15) is 10.4 Å². The summed E-state index contributed by atoms with van der Waals surface area (Å²) in [5.74, 6) is -0.441. The molecule has 1 atom stereocenters. The molecule has 1 heterocycles. The summed E-state index contributed by atoms with van der Waals surface area (Å²) in [7, 11) is 0. The zero-order valence-electron chi connectivity index (χ0n) is 9.37. The van der Waals surface area contributed by atoms with Crippen molar-refractivity contribution < 1.29 is 9.50 Å². The average molecular weight is 350 g/mol. The highest BCUT2D eigenvalue weighted by molar-refractivity contribution is 9.10. The van der Waals surface area contributed by atoms with E-state index in [0.29, 0.717) is 12.0 Å². The van der Waals surface area contributed by atoms with Crippen LogP contribution in [0.15, 0.2) is 34.1 Å². The van der Waals surface area contributed by atoms with Crippen molar-refractivity contribution in [2.75, 3.05) is 0 Å². The first-order valence-electron chi connectivity index (χ1n) is 5.40. The summed E-state index contributed by atoms with van der Waals surface area (Å²) < 4.78 is 14.7. The molecule has 0 aliphatic heterocycles. The summed E-state index contributed by atoms with van der Waals surface area (Å²) >= 11 is 10.7. The van der Waals surface area contributed by atoms with Crippen molar-refractivity contribution in [2.24, 2.45) is 0 Å². The maximum absolute atomic E-state index is 13.7. The second kappa shape index (κ2) is 6.15. The minimum absolute atomic E-state index is 0.0944. The second-order valence-corrected chi connectivity index (χ2v) is 6.23. The van der Waals surface area contributed by atoms with Gasteiger partial charge in [0.1, 0.15) is 5.82 Å². The van der Waals surface area contributed by atoms with E-state index in [9.17, 15) is 9.50 Å². The lowest BCUT2D eigenvalue weighted by Gasteiger charge is -2.11. The van der Waals surface area contributed by atoms with Gasteiger partial charge < -0.3 is 5.11 Å². The highest BCUT2D eigenvalue weighted by Gasteiger charge is 2.14. The molecule has 1 nitrogen and oxygen atoms in total. The van der Waals surface area contributed by atoms with Crippen molar-refractivity contribution >= 4 is 38.9 Å². The Labute approximate surface area is 122 Å². The molecule has 0 bridgehead atoms. The van der Waals surface area contributed by atoms with E-state index in [0.717, 1.165) is 9.35 Å². The molecule has 0 spiro atoms. The minimum Gasteiger partial charge on any atom is -0.392 e. The molecule has 1 aromatic carbocycles. The molecule has 2 aromatic rings. The SMILES string of the molecule is OC(Cc1cccc(Cl)c1F)Cc1sccc1Br. The highest BCUT2D eigenvalue weighted by Crippen LogP contribution is 2.25. The average Bonchev–Trinajstić information content (AvgIpc) is 2.71. The van der Waals surface area contributed by atoms with Crippen LogP contribution in [0.25, 0.3) is 0 Å². The first-order valence-corrected chi connectivity index (χ1v) is 7.46. The smallest absolute Gasteiger partial charge is 0.145 e. The number of hydrogen-bond acceptors (Lipinski definition) is 2. The van der Waals surface area contributed by atoms with Crippen LogP contribution in [0.4, 0.5) is 4.39 Å². The number of benzene rings is 1.